The van der Waals surface area contributed by atoms with Crippen molar-refractivity contribution in [2.24, 2.45) is 5.92 Å². The van der Waals surface area contributed by atoms with E-state index in [0.717, 1.165) is 35.4 Å². The highest BCUT2D eigenvalue weighted by Gasteiger charge is 2.17. The summed E-state index contributed by atoms with van der Waals surface area (Å²) in [5.74, 6) is 1.96. The van der Waals surface area contributed by atoms with Gasteiger partial charge in [0.2, 0.25) is 11.7 Å². The Bertz CT molecular complexity index is 1260. The van der Waals surface area contributed by atoms with Crippen molar-refractivity contribution in [2.75, 3.05) is 6.54 Å². The predicted octanol–water partition coefficient (Wildman–Crippen LogP) is 5.29. The number of nitrogens with zero attached hydrogens (tertiary/aromatic N) is 4. The first kappa shape index (κ1) is 21.6. The highest BCUT2D eigenvalue weighted by molar-refractivity contribution is 6.30. The molecule has 0 atom stereocenters. The fraction of sp³-hybridized carbons (Fsp3) is 0.360. The Morgan fingerprint density at radius 3 is 2.91 bits per heavy atom. The van der Waals surface area contributed by atoms with Gasteiger partial charge < -0.3 is 14.4 Å². The fourth-order valence-electron chi connectivity index (χ4n) is 4.50. The maximum absolute atomic E-state index is 12.3. The van der Waals surface area contributed by atoms with E-state index in [2.05, 4.69) is 20.4 Å². The lowest BCUT2D eigenvalue weighted by Gasteiger charge is -2.07. The van der Waals surface area contributed by atoms with Crippen molar-refractivity contribution in [2.45, 2.75) is 45.1 Å². The van der Waals surface area contributed by atoms with E-state index in [-0.39, 0.29) is 5.91 Å². The van der Waals surface area contributed by atoms with Gasteiger partial charge in [0.25, 0.3) is 5.91 Å². The molecule has 4 aromatic rings. The van der Waals surface area contributed by atoms with Crippen LogP contribution in [-0.4, -0.2) is 32.1 Å². The SMILES string of the molecule is O=C(NCCn1cnc2cc(-c3noc(CCC4CCCC4)n3)ccc21)c1cccc(Cl)c1. The van der Waals surface area contributed by atoms with Crippen LogP contribution in [0, 0.1) is 5.92 Å². The van der Waals surface area contributed by atoms with E-state index < -0.39 is 0 Å². The van der Waals surface area contributed by atoms with Crippen molar-refractivity contribution in [1.29, 1.82) is 0 Å². The lowest BCUT2D eigenvalue weighted by molar-refractivity contribution is 0.0952. The van der Waals surface area contributed by atoms with E-state index in [1.807, 2.05) is 22.8 Å². The molecule has 7 nitrogen and oxygen atoms in total. The molecule has 0 radical (unpaired) electrons. The first-order chi connectivity index (χ1) is 16.2. The number of amides is 1. The second-order valence-electron chi connectivity index (χ2n) is 8.61. The molecule has 5 rings (SSSR count). The molecular formula is C25H26ClN5O2. The molecule has 1 aliphatic carbocycles. The summed E-state index contributed by atoms with van der Waals surface area (Å²) >= 11 is 5.96. The molecule has 0 saturated heterocycles. The molecule has 0 spiro atoms. The first-order valence-corrected chi connectivity index (χ1v) is 11.8. The normalized spacial score (nSPS) is 14.2. The Hall–Kier alpha value is -3.19. The standard InChI is InChI=1S/C25H26ClN5O2/c26-20-7-3-6-19(14-20)25(32)27-12-13-31-16-28-21-15-18(9-10-22(21)31)24-29-23(33-30-24)11-8-17-4-1-2-5-17/h3,6-7,9-10,14-17H,1-2,4-5,8,11-13H2,(H,27,32). The number of imidazole rings is 1. The lowest BCUT2D eigenvalue weighted by Crippen LogP contribution is -2.27. The number of rotatable bonds is 8. The van der Waals surface area contributed by atoms with E-state index in [4.69, 9.17) is 16.1 Å². The maximum atomic E-state index is 12.3. The molecule has 1 saturated carbocycles. The average Bonchev–Trinajstić information content (AvgIpc) is 3.58. The van der Waals surface area contributed by atoms with Crippen LogP contribution in [0.4, 0.5) is 0 Å². The van der Waals surface area contributed by atoms with Crippen LogP contribution in [0.15, 0.2) is 53.3 Å². The summed E-state index contributed by atoms with van der Waals surface area (Å²) in [6, 6.07) is 12.9. The summed E-state index contributed by atoms with van der Waals surface area (Å²) in [5, 5.41) is 7.64. The molecule has 1 amide bonds. The van der Waals surface area contributed by atoms with Crippen LogP contribution in [-0.2, 0) is 13.0 Å². The summed E-state index contributed by atoms with van der Waals surface area (Å²) in [5.41, 5.74) is 3.27. The monoisotopic (exact) mass is 463 g/mol. The number of nitrogens with one attached hydrogen (secondary N) is 1. The highest BCUT2D eigenvalue weighted by Crippen LogP contribution is 2.29. The van der Waals surface area contributed by atoms with E-state index in [9.17, 15) is 4.79 Å². The molecule has 0 unspecified atom stereocenters. The van der Waals surface area contributed by atoms with Crippen molar-refractivity contribution in [3.8, 4) is 11.4 Å². The number of aryl methyl sites for hydroxylation is 1. The number of benzene rings is 2. The van der Waals surface area contributed by atoms with Gasteiger partial charge in [0.1, 0.15) is 0 Å². The van der Waals surface area contributed by atoms with Crippen LogP contribution in [0.3, 0.4) is 0 Å². The molecule has 33 heavy (non-hydrogen) atoms. The molecule has 2 heterocycles. The van der Waals surface area contributed by atoms with Crippen LogP contribution < -0.4 is 5.32 Å². The molecule has 170 valence electrons. The van der Waals surface area contributed by atoms with Gasteiger partial charge in [-0.1, -0.05) is 48.5 Å². The number of carbonyl (C=O) groups is 1. The van der Waals surface area contributed by atoms with E-state index in [1.165, 1.54) is 25.7 Å². The second-order valence-corrected chi connectivity index (χ2v) is 9.05. The Morgan fingerprint density at radius 2 is 2.06 bits per heavy atom. The van der Waals surface area contributed by atoms with Gasteiger partial charge in [-0.2, -0.15) is 4.98 Å². The fourth-order valence-corrected chi connectivity index (χ4v) is 4.69. The predicted molar refractivity (Wildman–Crippen MR) is 127 cm³/mol. The minimum Gasteiger partial charge on any atom is -0.350 e. The second kappa shape index (κ2) is 9.75. The van der Waals surface area contributed by atoms with Gasteiger partial charge in [-0.3, -0.25) is 4.79 Å². The van der Waals surface area contributed by atoms with E-state index in [0.29, 0.717) is 35.4 Å². The molecule has 1 aliphatic rings. The molecule has 2 aromatic heterocycles. The number of halogens is 1. The van der Waals surface area contributed by atoms with Crippen LogP contribution in [0.2, 0.25) is 5.02 Å². The Balaban J connectivity index is 1.20. The minimum absolute atomic E-state index is 0.148. The molecule has 1 fully saturated rings. The van der Waals surface area contributed by atoms with E-state index >= 15 is 0 Å². The number of aromatic nitrogens is 4. The molecule has 0 bridgehead atoms. The van der Waals surface area contributed by atoms with Crippen molar-refractivity contribution >= 4 is 28.5 Å². The zero-order valence-electron chi connectivity index (χ0n) is 18.3. The third kappa shape index (κ3) is 5.09. The Labute approximate surface area is 197 Å². The minimum atomic E-state index is -0.148. The summed E-state index contributed by atoms with van der Waals surface area (Å²) in [4.78, 5) is 21.4. The number of hydrogen-bond donors (Lipinski definition) is 1. The van der Waals surface area contributed by atoms with E-state index in [1.54, 1.807) is 30.6 Å². The first-order valence-electron chi connectivity index (χ1n) is 11.5. The largest absolute Gasteiger partial charge is 0.350 e. The molecule has 0 aliphatic heterocycles. The Kier molecular flexibility index (Phi) is 6.39. The summed E-state index contributed by atoms with van der Waals surface area (Å²) < 4.78 is 7.49. The van der Waals surface area contributed by atoms with Gasteiger partial charge in [-0.25, -0.2) is 4.98 Å². The zero-order chi connectivity index (χ0) is 22.6. The highest BCUT2D eigenvalue weighted by atomic mass is 35.5. The van der Waals surface area contributed by atoms with Crippen molar-refractivity contribution in [3.63, 3.8) is 0 Å². The number of hydrogen-bond acceptors (Lipinski definition) is 5. The third-order valence-electron chi connectivity index (χ3n) is 6.31. The van der Waals surface area contributed by atoms with Gasteiger partial charge in [-0.15, -0.1) is 0 Å². The van der Waals surface area contributed by atoms with Gasteiger partial charge in [0.05, 0.1) is 17.4 Å². The third-order valence-corrected chi connectivity index (χ3v) is 6.55. The molecule has 8 heteroatoms. The number of carbonyl (C=O) groups excluding carboxylic acids is 1. The van der Waals surface area contributed by atoms with Crippen LogP contribution in [0.5, 0.6) is 0 Å². The number of fused-ring (bicyclic) bond motifs is 1. The van der Waals surface area contributed by atoms with Crippen molar-refractivity contribution < 1.29 is 9.32 Å². The van der Waals surface area contributed by atoms with Gasteiger partial charge in [0.15, 0.2) is 0 Å². The van der Waals surface area contributed by atoms with Crippen molar-refractivity contribution in [1.82, 2.24) is 25.0 Å². The summed E-state index contributed by atoms with van der Waals surface area (Å²) in [7, 11) is 0. The van der Waals surface area contributed by atoms with Gasteiger partial charge in [-0.05, 0) is 48.7 Å². The molecular weight excluding hydrogens is 438 g/mol. The van der Waals surface area contributed by atoms with Crippen LogP contribution in [0.25, 0.3) is 22.4 Å². The zero-order valence-corrected chi connectivity index (χ0v) is 19.1. The van der Waals surface area contributed by atoms with Crippen molar-refractivity contribution in [3.05, 3.63) is 65.3 Å². The maximum Gasteiger partial charge on any atom is 0.251 e. The summed E-state index contributed by atoms with van der Waals surface area (Å²) in [6.07, 6.45) is 9.09. The molecule has 2 aromatic carbocycles. The van der Waals surface area contributed by atoms with Gasteiger partial charge >= 0.3 is 0 Å². The summed E-state index contributed by atoms with van der Waals surface area (Å²) in [6.45, 7) is 1.09. The van der Waals surface area contributed by atoms with Crippen LogP contribution in [0.1, 0.15) is 48.4 Å². The lowest BCUT2D eigenvalue weighted by atomic mass is 10.0. The van der Waals surface area contributed by atoms with Gasteiger partial charge in [0, 0.05) is 35.7 Å². The topological polar surface area (TPSA) is 85.8 Å². The average molecular weight is 464 g/mol. The van der Waals surface area contributed by atoms with Crippen LogP contribution >= 0.6 is 11.6 Å². The smallest absolute Gasteiger partial charge is 0.251 e. The molecule has 1 N–H and O–H groups in total. The quantitative estimate of drug-likeness (QED) is 0.383. The Morgan fingerprint density at radius 1 is 1.18 bits per heavy atom.